The Labute approximate surface area is 202 Å². The van der Waals surface area contributed by atoms with Gasteiger partial charge in [-0.1, -0.05) is 37.5 Å². The molecule has 1 N–H and O–H groups in total. The number of carbonyl (C=O) groups is 1. The van der Waals surface area contributed by atoms with Crippen LogP contribution in [0.5, 0.6) is 0 Å². The molecule has 2 heterocycles. The van der Waals surface area contributed by atoms with Crippen molar-refractivity contribution >= 4 is 5.91 Å². The predicted molar refractivity (Wildman–Crippen MR) is 135 cm³/mol. The van der Waals surface area contributed by atoms with E-state index in [4.69, 9.17) is 11.4 Å². The van der Waals surface area contributed by atoms with Gasteiger partial charge in [0.05, 0.1) is 0 Å². The lowest BCUT2D eigenvalue weighted by molar-refractivity contribution is 0.0712. The summed E-state index contributed by atoms with van der Waals surface area (Å²) >= 11 is 0. The van der Waals surface area contributed by atoms with Crippen LogP contribution < -0.4 is 0 Å². The molecular weight excluding hydrogens is 420 g/mol. The fourth-order valence-corrected chi connectivity index (χ4v) is 5.22. The first-order valence-electron chi connectivity index (χ1n) is 12.5. The third-order valence-corrected chi connectivity index (χ3v) is 7.61. The second kappa shape index (κ2) is 9.46. The lowest BCUT2D eigenvalue weighted by atomic mass is 9.77. The molecule has 1 saturated heterocycles. The smallest absolute Gasteiger partial charge is 0.254 e. The number of nitrogens with one attached hydrogen (secondary N) is 1. The van der Waals surface area contributed by atoms with Gasteiger partial charge in [-0.3, -0.25) is 9.89 Å². The SMILES string of the molecule is C#Cc1ccc(C2CCN(C(=O)c3cc(-c4n[nH]c(CC)n4)c(C4CCC4)cc3C)CC2)cc1. The fraction of sp³-hybridized carbons (Fsp3) is 0.414. The third-order valence-electron chi connectivity index (χ3n) is 7.61. The third kappa shape index (κ3) is 4.25. The quantitative estimate of drug-likeness (QED) is 0.512. The van der Waals surface area contributed by atoms with Gasteiger partial charge in [-0.25, -0.2) is 4.98 Å². The lowest BCUT2D eigenvalue weighted by Crippen LogP contribution is -2.38. The number of carbonyl (C=O) groups excluding carboxylic acids is 1. The molecule has 2 aromatic carbocycles. The van der Waals surface area contributed by atoms with Crippen molar-refractivity contribution in [1.82, 2.24) is 20.1 Å². The molecule has 1 amide bonds. The molecule has 174 valence electrons. The van der Waals surface area contributed by atoms with Crippen LogP contribution in [0.3, 0.4) is 0 Å². The van der Waals surface area contributed by atoms with Crippen LogP contribution in [0.15, 0.2) is 36.4 Å². The van der Waals surface area contributed by atoms with Crippen LogP contribution in [0.2, 0.25) is 0 Å². The highest BCUT2D eigenvalue weighted by Gasteiger charge is 2.29. The summed E-state index contributed by atoms with van der Waals surface area (Å²) in [5, 5.41) is 7.53. The Hall–Kier alpha value is -3.39. The highest BCUT2D eigenvalue weighted by atomic mass is 16.2. The van der Waals surface area contributed by atoms with Crippen molar-refractivity contribution in [2.45, 2.75) is 64.2 Å². The summed E-state index contributed by atoms with van der Waals surface area (Å²) in [6.07, 6.45) is 11.9. The molecule has 2 aliphatic rings. The number of nitrogens with zero attached hydrogens (tertiary/aromatic N) is 3. The van der Waals surface area contributed by atoms with Crippen molar-refractivity contribution in [2.75, 3.05) is 13.1 Å². The molecule has 0 spiro atoms. The minimum Gasteiger partial charge on any atom is -0.339 e. The van der Waals surface area contributed by atoms with Gasteiger partial charge in [-0.05, 0) is 79.3 Å². The Morgan fingerprint density at radius 2 is 1.85 bits per heavy atom. The average molecular weight is 453 g/mol. The maximum Gasteiger partial charge on any atom is 0.254 e. The largest absolute Gasteiger partial charge is 0.339 e. The molecule has 5 heteroatoms. The Morgan fingerprint density at radius 3 is 2.44 bits per heavy atom. The molecule has 5 nitrogen and oxygen atoms in total. The van der Waals surface area contributed by atoms with Crippen molar-refractivity contribution in [3.63, 3.8) is 0 Å². The number of H-pyrrole nitrogens is 1. The van der Waals surface area contributed by atoms with Crippen molar-refractivity contribution in [1.29, 1.82) is 0 Å². The maximum absolute atomic E-state index is 13.6. The standard InChI is InChI=1S/C29H32N4O/c1-4-20-9-11-21(12-10-20)22-13-15-33(16-14-22)29(34)24-18-26(28-30-27(5-2)31-32-28)25(17-19(24)3)23-7-6-8-23/h1,9-12,17-18,22-23H,5-8,13-16H2,2-3H3,(H,30,31,32). The number of piperidine rings is 1. The van der Waals surface area contributed by atoms with E-state index in [1.165, 1.54) is 30.4 Å². The molecule has 34 heavy (non-hydrogen) atoms. The number of aryl methyl sites for hydroxylation is 2. The van der Waals surface area contributed by atoms with Crippen molar-refractivity contribution < 1.29 is 4.79 Å². The summed E-state index contributed by atoms with van der Waals surface area (Å²) in [5.74, 6) is 5.39. The monoisotopic (exact) mass is 452 g/mol. The van der Waals surface area contributed by atoms with E-state index in [1.54, 1.807) is 0 Å². The minimum absolute atomic E-state index is 0.117. The van der Waals surface area contributed by atoms with Crippen LogP contribution in [0.4, 0.5) is 0 Å². The number of terminal acetylenes is 1. The first-order valence-corrected chi connectivity index (χ1v) is 12.5. The van der Waals surface area contributed by atoms with Gasteiger partial charge >= 0.3 is 0 Å². The molecule has 2 fully saturated rings. The molecule has 1 aliphatic carbocycles. The number of amides is 1. The van der Waals surface area contributed by atoms with Gasteiger partial charge in [0.2, 0.25) is 0 Å². The first-order chi connectivity index (χ1) is 16.6. The molecule has 1 aromatic heterocycles. The van der Waals surface area contributed by atoms with Gasteiger partial charge < -0.3 is 4.90 Å². The summed E-state index contributed by atoms with van der Waals surface area (Å²) in [5.41, 5.74) is 6.34. The summed E-state index contributed by atoms with van der Waals surface area (Å²) < 4.78 is 0. The zero-order valence-electron chi connectivity index (χ0n) is 20.1. The molecule has 1 aliphatic heterocycles. The van der Waals surface area contributed by atoms with Gasteiger partial charge in [0.25, 0.3) is 5.91 Å². The van der Waals surface area contributed by atoms with Gasteiger partial charge in [-0.15, -0.1) is 6.42 Å². The zero-order valence-corrected chi connectivity index (χ0v) is 20.1. The summed E-state index contributed by atoms with van der Waals surface area (Å²) in [4.78, 5) is 20.3. The van der Waals surface area contributed by atoms with E-state index in [1.807, 2.05) is 17.0 Å². The number of hydrogen-bond donors (Lipinski definition) is 1. The number of aromatic amines is 1. The molecule has 0 radical (unpaired) electrons. The van der Waals surface area contributed by atoms with Gasteiger partial charge in [0.1, 0.15) is 5.82 Å². The highest BCUT2D eigenvalue weighted by Crippen LogP contribution is 2.42. The number of hydrogen-bond acceptors (Lipinski definition) is 3. The van der Waals surface area contributed by atoms with E-state index in [-0.39, 0.29) is 5.91 Å². The van der Waals surface area contributed by atoms with Crippen molar-refractivity contribution in [2.24, 2.45) is 0 Å². The van der Waals surface area contributed by atoms with E-state index < -0.39 is 0 Å². The molecule has 0 unspecified atom stereocenters. The van der Waals surface area contributed by atoms with E-state index in [0.717, 1.165) is 60.4 Å². The van der Waals surface area contributed by atoms with Gasteiger partial charge in [0.15, 0.2) is 5.82 Å². The maximum atomic E-state index is 13.6. The van der Waals surface area contributed by atoms with Crippen LogP contribution in [0.25, 0.3) is 11.4 Å². The van der Waals surface area contributed by atoms with Crippen LogP contribution in [-0.2, 0) is 6.42 Å². The molecule has 0 atom stereocenters. The number of rotatable bonds is 5. The second-order valence-corrected chi connectivity index (χ2v) is 9.67. The number of aromatic nitrogens is 3. The number of benzene rings is 2. The topological polar surface area (TPSA) is 61.9 Å². The molecule has 3 aromatic rings. The first kappa shape index (κ1) is 22.4. The van der Waals surface area contributed by atoms with Crippen LogP contribution in [0, 0.1) is 19.3 Å². The summed E-state index contributed by atoms with van der Waals surface area (Å²) in [6.45, 7) is 5.66. The summed E-state index contributed by atoms with van der Waals surface area (Å²) in [7, 11) is 0. The van der Waals surface area contributed by atoms with Crippen molar-refractivity contribution in [3.05, 3.63) is 70.0 Å². The zero-order chi connectivity index (χ0) is 23.7. The van der Waals surface area contributed by atoms with E-state index in [0.29, 0.717) is 17.7 Å². The van der Waals surface area contributed by atoms with E-state index >= 15 is 0 Å². The number of likely N-dealkylation sites (tertiary alicyclic amines) is 1. The Bertz CT molecular complexity index is 1220. The molecule has 5 rings (SSSR count). The Morgan fingerprint density at radius 1 is 1.12 bits per heavy atom. The minimum atomic E-state index is 0.117. The fourth-order valence-electron chi connectivity index (χ4n) is 5.22. The van der Waals surface area contributed by atoms with Crippen LogP contribution in [0.1, 0.15) is 89.3 Å². The Balaban J connectivity index is 1.37. The highest BCUT2D eigenvalue weighted by molar-refractivity contribution is 5.97. The molecule has 1 saturated carbocycles. The van der Waals surface area contributed by atoms with Gasteiger partial charge in [0, 0.05) is 36.2 Å². The molecule has 0 bridgehead atoms. The summed E-state index contributed by atoms with van der Waals surface area (Å²) in [6, 6.07) is 12.6. The normalized spacial score (nSPS) is 16.8. The van der Waals surface area contributed by atoms with Crippen LogP contribution >= 0.6 is 0 Å². The Kier molecular flexibility index (Phi) is 6.24. The van der Waals surface area contributed by atoms with E-state index in [2.05, 4.69) is 54.2 Å². The van der Waals surface area contributed by atoms with Crippen LogP contribution in [-0.4, -0.2) is 39.1 Å². The molecular formula is C29H32N4O. The second-order valence-electron chi connectivity index (χ2n) is 9.67. The predicted octanol–water partition coefficient (Wildman–Crippen LogP) is 5.61. The van der Waals surface area contributed by atoms with Gasteiger partial charge in [-0.2, -0.15) is 5.10 Å². The lowest BCUT2D eigenvalue weighted by Gasteiger charge is -2.33. The van der Waals surface area contributed by atoms with Crippen molar-refractivity contribution in [3.8, 4) is 23.7 Å². The average Bonchev–Trinajstić information content (AvgIpc) is 3.32. The van der Waals surface area contributed by atoms with E-state index in [9.17, 15) is 4.79 Å².